The lowest BCUT2D eigenvalue weighted by Gasteiger charge is -2.12. The van der Waals surface area contributed by atoms with E-state index in [9.17, 15) is 9.90 Å². The van der Waals surface area contributed by atoms with Crippen LogP contribution in [0.1, 0.15) is 43.9 Å². The Morgan fingerprint density at radius 1 is 1.05 bits per heavy atom. The van der Waals surface area contributed by atoms with Crippen LogP contribution < -0.4 is 5.69 Å². The average molecular weight is 288 g/mol. The van der Waals surface area contributed by atoms with Crippen LogP contribution in [0.2, 0.25) is 0 Å². The first kappa shape index (κ1) is 15.6. The summed E-state index contributed by atoms with van der Waals surface area (Å²) in [6.45, 7) is 5.20. The molecule has 1 atom stereocenters. The van der Waals surface area contributed by atoms with Crippen molar-refractivity contribution in [2.75, 3.05) is 0 Å². The van der Waals surface area contributed by atoms with Crippen LogP contribution in [0.3, 0.4) is 0 Å². The van der Waals surface area contributed by atoms with Crippen molar-refractivity contribution in [2.45, 2.75) is 52.3 Å². The second-order valence-electron chi connectivity index (χ2n) is 5.43. The van der Waals surface area contributed by atoms with E-state index in [0.29, 0.717) is 13.1 Å². The largest absolute Gasteiger partial charge is 0.387 e. The van der Waals surface area contributed by atoms with Crippen molar-refractivity contribution in [1.82, 2.24) is 9.13 Å². The minimum atomic E-state index is -0.657. The Hall–Kier alpha value is -1.81. The summed E-state index contributed by atoms with van der Waals surface area (Å²) in [5.41, 5.74) is 2.07. The number of aliphatic hydroxyl groups is 1. The fraction of sp³-hybridized carbons (Fsp3) is 0.471. The average Bonchev–Trinajstić information content (AvgIpc) is 2.82. The van der Waals surface area contributed by atoms with Gasteiger partial charge in [0, 0.05) is 18.9 Å². The molecule has 2 aromatic rings. The Kier molecular flexibility index (Phi) is 5.39. The highest BCUT2D eigenvalue weighted by Crippen LogP contribution is 2.16. The third-order valence-electron chi connectivity index (χ3n) is 3.66. The molecule has 0 aliphatic heterocycles. The Morgan fingerprint density at radius 3 is 2.33 bits per heavy atom. The van der Waals surface area contributed by atoms with E-state index >= 15 is 0 Å². The minimum absolute atomic E-state index is 0.0569. The molecule has 1 N–H and O–H groups in total. The number of rotatable bonds is 7. The Bertz CT molecular complexity index is 610. The molecule has 0 aliphatic carbocycles. The first-order chi connectivity index (χ1) is 10.2. The fourth-order valence-electron chi connectivity index (χ4n) is 2.49. The number of aryl methyl sites for hydroxylation is 2. The highest BCUT2D eigenvalue weighted by Gasteiger charge is 2.11. The maximum atomic E-state index is 12.1. The second-order valence-corrected chi connectivity index (χ2v) is 5.43. The summed E-state index contributed by atoms with van der Waals surface area (Å²) in [4.78, 5) is 12.1. The van der Waals surface area contributed by atoms with E-state index < -0.39 is 6.10 Å². The number of benzene rings is 1. The van der Waals surface area contributed by atoms with Gasteiger partial charge in [0.15, 0.2) is 0 Å². The molecule has 4 heteroatoms. The van der Waals surface area contributed by atoms with E-state index in [1.54, 1.807) is 21.5 Å². The summed E-state index contributed by atoms with van der Waals surface area (Å²) in [7, 11) is 0. The van der Waals surface area contributed by atoms with Crippen molar-refractivity contribution in [2.24, 2.45) is 0 Å². The van der Waals surface area contributed by atoms with Gasteiger partial charge in [-0.1, -0.05) is 44.5 Å². The van der Waals surface area contributed by atoms with Crippen LogP contribution in [0.15, 0.2) is 41.5 Å². The Morgan fingerprint density at radius 2 is 1.71 bits per heavy atom. The van der Waals surface area contributed by atoms with Crippen LogP contribution in [0.25, 0.3) is 0 Å². The van der Waals surface area contributed by atoms with Gasteiger partial charge in [-0.25, -0.2) is 4.79 Å². The molecular formula is C17H24N2O2. The summed E-state index contributed by atoms with van der Waals surface area (Å²) in [5, 5.41) is 10.3. The third-order valence-corrected chi connectivity index (χ3v) is 3.66. The van der Waals surface area contributed by atoms with Gasteiger partial charge < -0.3 is 5.11 Å². The van der Waals surface area contributed by atoms with Crippen LogP contribution in [-0.2, 0) is 19.5 Å². The summed E-state index contributed by atoms with van der Waals surface area (Å²) >= 11 is 0. The van der Waals surface area contributed by atoms with Gasteiger partial charge in [0.05, 0.1) is 12.6 Å². The molecule has 0 saturated carbocycles. The Labute approximate surface area is 125 Å². The van der Waals surface area contributed by atoms with Crippen molar-refractivity contribution in [1.29, 1.82) is 0 Å². The van der Waals surface area contributed by atoms with Gasteiger partial charge >= 0.3 is 5.69 Å². The van der Waals surface area contributed by atoms with E-state index in [2.05, 4.69) is 6.92 Å². The van der Waals surface area contributed by atoms with E-state index in [1.807, 2.05) is 31.2 Å². The van der Waals surface area contributed by atoms with Gasteiger partial charge in [0.25, 0.3) is 0 Å². The molecule has 0 fully saturated rings. The minimum Gasteiger partial charge on any atom is -0.387 e. The van der Waals surface area contributed by atoms with Crippen molar-refractivity contribution in [3.05, 3.63) is 58.3 Å². The van der Waals surface area contributed by atoms with Crippen LogP contribution in [0.4, 0.5) is 0 Å². The first-order valence-corrected chi connectivity index (χ1v) is 7.68. The SMILES string of the molecule is CCCc1ccc(C(O)Cn2ccn(CCC)c2=O)cc1. The molecule has 0 radical (unpaired) electrons. The highest BCUT2D eigenvalue weighted by atomic mass is 16.3. The molecule has 1 heterocycles. The second kappa shape index (κ2) is 7.27. The molecule has 0 amide bonds. The predicted molar refractivity (Wildman–Crippen MR) is 84.4 cm³/mol. The molecule has 21 heavy (non-hydrogen) atoms. The topological polar surface area (TPSA) is 47.2 Å². The molecule has 0 saturated heterocycles. The number of hydrogen-bond acceptors (Lipinski definition) is 2. The fourth-order valence-corrected chi connectivity index (χ4v) is 2.49. The van der Waals surface area contributed by atoms with Gasteiger partial charge in [-0.2, -0.15) is 0 Å². The standard InChI is InChI=1S/C17H24N2O2/c1-3-5-14-6-8-15(9-7-14)16(20)13-19-12-11-18(10-4-2)17(19)21/h6-9,11-12,16,20H,3-5,10,13H2,1-2H3. The highest BCUT2D eigenvalue weighted by molar-refractivity contribution is 5.24. The predicted octanol–water partition coefficient (Wildman–Crippen LogP) is 2.75. The lowest BCUT2D eigenvalue weighted by molar-refractivity contribution is 0.155. The molecule has 1 aromatic heterocycles. The molecule has 0 bridgehead atoms. The monoisotopic (exact) mass is 288 g/mol. The van der Waals surface area contributed by atoms with Crippen LogP contribution in [-0.4, -0.2) is 14.2 Å². The summed E-state index contributed by atoms with van der Waals surface area (Å²) in [5.74, 6) is 0. The summed E-state index contributed by atoms with van der Waals surface area (Å²) in [6.07, 6.45) is 5.95. The van der Waals surface area contributed by atoms with Crippen molar-refractivity contribution >= 4 is 0 Å². The van der Waals surface area contributed by atoms with Gasteiger partial charge in [-0.05, 0) is 24.0 Å². The zero-order valence-electron chi connectivity index (χ0n) is 12.8. The molecule has 4 nitrogen and oxygen atoms in total. The van der Waals surface area contributed by atoms with Gasteiger partial charge in [0.2, 0.25) is 0 Å². The maximum absolute atomic E-state index is 12.1. The van der Waals surface area contributed by atoms with Crippen LogP contribution >= 0.6 is 0 Å². The van der Waals surface area contributed by atoms with E-state index in [4.69, 9.17) is 0 Å². The van der Waals surface area contributed by atoms with Crippen LogP contribution in [0.5, 0.6) is 0 Å². The number of nitrogens with zero attached hydrogens (tertiary/aromatic N) is 2. The maximum Gasteiger partial charge on any atom is 0.328 e. The lowest BCUT2D eigenvalue weighted by atomic mass is 10.0. The van der Waals surface area contributed by atoms with Gasteiger partial charge in [-0.15, -0.1) is 0 Å². The lowest BCUT2D eigenvalue weighted by Crippen LogP contribution is -2.26. The molecule has 1 aromatic carbocycles. The number of aliphatic hydroxyl groups excluding tert-OH is 1. The van der Waals surface area contributed by atoms with E-state index in [0.717, 1.165) is 24.8 Å². The van der Waals surface area contributed by atoms with Crippen molar-refractivity contribution < 1.29 is 5.11 Å². The smallest absolute Gasteiger partial charge is 0.328 e. The molecule has 0 spiro atoms. The molecule has 0 aliphatic rings. The summed E-state index contributed by atoms with van der Waals surface area (Å²) < 4.78 is 3.25. The molecule has 114 valence electrons. The van der Waals surface area contributed by atoms with Crippen molar-refractivity contribution in [3.63, 3.8) is 0 Å². The van der Waals surface area contributed by atoms with E-state index in [1.165, 1.54) is 5.56 Å². The summed E-state index contributed by atoms with van der Waals surface area (Å²) in [6, 6.07) is 7.99. The quantitative estimate of drug-likeness (QED) is 0.851. The zero-order valence-corrected chi connectivity index (χ0v) is 12.8. The number of aromatic nitrogens is 2. The van der Waals surface area contributed by atoms with E-state index in [-0.39, 0.29) is 5.69 Å². The third kappa shape index (κ3) is 3.85. The van der Waals surface area contributed by atoms with Crippen molar-refractivity contribution in [3.8, 4) is 0 Å². The van der Waals surface area contributed by atoms with Crippen LogP contribution in [0, 0.1) is 0 Å². The normalized spacial score (nSPS) is 12.5. The molecule has 2 rings (SSSR count). The number of imidazole rings is 1. The zero-order chi connectivity index (χ0) is 15.2. The Balaban J connectivity index is 2.07. The molecular weight excluding hydrogens is 264 g/mol. The van der Waals surface area contributed by atoms with Gasteiger partial charge in [0.1, 0.15) is 0 Å². The molecule has 1 unspecified atom stereocenters. The first-order valence-electron chi connectivity index (χ1n) is 7.68. The van der Waals surface area contributed by atoms with Gasteiger partial charge in [-0.3, -0.25) is 9.13 Å². The number of hydrogen-bond donors (Lipinski definition) is 1.